The molecule has 2 aromatic rings. The maximum absolute atomic E-state index is 11.7. The maximum atomic E-state index is 11.7. The average Bonchev–Trinajstić information content (AvgIpc) is 2.79. The van der Waals surface area contributed by atoms with Crippen LogP contribution in [0.1, 0.15) is 29.2 Å². The highest BCUT2D eigenvalue weighted by molar-refractivity contribution is 5.93. The molecule has 0 spiro atoms. The third-order valence-corrected chi connectivity index (χ3v) is 3.42. The van der Waals surface area contributed by atoms with Gasteiger partial charge in [0.25, 0.3) is 0 Å². The van der Waals surface area contributed by atoms with E-state index in [0.29, 0.717) is 12.3 Å². The van der Waals surface area contributed by atoms with Crippen molar-refractivity contribution >= 4 is 11.8 Å². The second kappa shape index (κ2) is 4.42. The van der Waals surface area contributed by atoms with E-state index in [-0.39, 0.29) is 11.8 Å². The Morgan fingerprint density at radius 3 is 2.79 bits per heavy atom. The number of nitrogens with one attached hydrogen (secondary N) is 1. The number of methoxy groups -OCH3 is 1. The van der Waals surface area contributed by atoms with Gasteiger partial charge in [0.1, 0.15) is 5.75 Å². The molecule has 0 radical (unpaired) electrons. The number of carbonyl (C=O) groups excluding carboxylic acids is 1. The third kappa shape index (κ3) is 1.97. The molecule has 0 bridgehead atoms. The first-order valence-electron chi connectivity index (χ1n) is 6.09. The summed E-state index contributed by atoms with van der Waals surface area (Å²) in [6.07, 6.45) is 0.404. The Kier molecular flexibility index (Phi) is 2.74. The van der Waals surface area contributed by atoms with Gasteiger partial charge in [0.05, 0.1) is 12.8 Å². The Balaban J connectivity index is 2.04. The Morgan fingerprint density at radius 2 is 2.11 bits per heavy atom. The van der Waals surface area contributed by atoms with Gasteiger partial charge < -0.3 is 9.26 Å². The molecule has 2 heterocycles. The molecule has 5 heteroatoms. The number of hydrogen-bond donors (Lipinski definition) is 1. The van der Waals surface area contributed by atoms with Crippen LogP contribution in [0.3, 0.4) is 0 Å². The van der Waals surface area contributed by atoms with Crippen molar-refractivity contribution in [3.8, 4) is 5.75 Å². The summed E-state index contributed by atoms with van der Waals surface area (Å²) in [5.41, 5.74) is 2.84. The lowest BCUT2D eigenvalue weighted by Gasteiger charge is -2.21. The van der Waals surface area contributed by atoms with E-state index in [2.05, 4.69) is 10.5 Å². The van der Waals surface area contributed by atoms with Gasteiger partial charge in [-0.15, -0.1) is 0 Å². The van der Waals surface area contributed by atoms with Crippen molar-refractivity contribution in [2.45, 2.75) is 19.3 Å². The Labute approximate surface area is 110 Å². The van der Waals surface area contributed by atoms with Crippen LogP contribution in [0.5, 0.6) is 5.75 Å². The number of anilines is 1. The first-order valence-corrected chi connectivity index (χ1v) is 6.09. The van der Waals surface area contributed by atoms with Gasteiger partial charge in [-0.2, -0.15) is 0 Å². The minimum absolute atomic E-state index is 0.0130. The van der Waals surface area contributed by atoms with Gasteiger partial charge in [0, 0.05) is 17.9 Å². The molecule has 1 aliphatic heterocycles. The molecule has 1 unspecified atom stereocenters. The summed E-state index contributed by atoms with van der Waals surface area (Å²) in [5, 5.41) is 6.64. The summed E-state index contributed by atoms with van der Waals surface area (Å²) in [6.45, 7) is 1.89. The largest absolute Gasteiger partial charge is 0.497 e. The third-order valence-electron chi connectivity index (χ3n) is 3.42. The molecular weight excluding hydrogens is 244 g/mol. The highest BCUT2D eigenvalue weighted by atomic mass is 16.5. The number of amides is 1. The lowest BCUT2D eigenvalue weighted by atomic mass is 9.86. The fourth-order valence-corrected chi connectivity index (χ4v) is 2.46. The van der Waals surface area contributed by atoms with E-state index in [1.54, 1.807) is 7.11 Å². The Morgan fingerprint density at radius 1 is 1.37 bits per heavy atom. The van der Waals surface area contributed by atoms with Crippen LogP contribution >= 0.6 is 0 Å². The van der Waals surface area contributed by atoms with Crippen LogP contribution in [0.25, 0.3) is 0 Å². The predicted octanol–water partition coefficient (Wildman–Crippen LogP) is 2.47. The van der Waals surface area contributed by atoms with E-state index in [4.69, 9.17) is 9.26 Å². The van der Waals surface area contributed by atoms with Gasteiger partial charge in [-0.05, 0) is 24.6 Å². The standard InChI is InChI=1S/C14H14N2O3/c1-8-13-11(7-12(17)15-14(13)19-16-8)9-3-5-10(18-2)6-4-9/h3-6,11H,7H2,1-2H3,(H,15,17). The normalized spacial score (nSPS) is 17.8. The number of benzene rings is 1. The van der Waals surface area contributed by atoms with Crippen molar-refractivity contribution < 1.29 is 14.1 Å². The Hall–Kier alpha value is -2.30. The van der Waals surface area contributed by atoms with Crippen molar-refractivity contribution in [2.75, 3.05) is 12.4 Å². The van der Waals surface area contributed by atoms with Gasteiger partial charge in [0.2, 0.25) is 11.8 Å². The van der Waals surface area contributed by atoms with Crippen LogP contribution in [0.2, 0.25) is 0 Å². The summed E-state index contributed by atoms with van der Waals surface area (Å²) >= 11 is 0. The lowest BCUT2D eigenvalue weighted by Crippen LogP contribution is -2.22. The first kappa shape index (κ1) is 11.8. The maximum Gasteiger partial charge on any atom is 0.235 e. The molecule has 0 saturated heterocycles. The van der Waals surface area contributed by atoms with E-state index in [0.717, 1.165) is 22.6 Å². The van der Waals surface area contributed by atoms with Crippen LogP contribution in [-0.2, 0) is 4.79 Å². The molecule has 3 rings (SSSR count). The van der Waals surface area contributed by atoms with Crippen LogP contribution in [-0.4, -0.2) is 18.2 Å². The fourth-order valence-electron chi connectivity index (χ4n) is 2.46. The minimum atomic E-state index is -0.0514. The molecule has 1 aliphatic rings. The van der Waals surface area contributed by atoms with E-state index in [1.165, 1.54) is 0 Å². The van der Waals surface area contributed by atoms with Crippen LogP contribution in [0, 0.1) is 6.92 Å². The summed E-state index contributed by atoms with van der Waals surface area (Å²) in [6, 6.07) is 7.73. The molecule has 19 heavy (non-hydrogen) atoms. The Bertz CT molecular complexity index is 616. The van der Waals surface area contributed by atoms with E-state index < -0.39 is 0 Å². The molecule has 1 atom stereocenters. The molecule has 0 aliphatic carbocycles. The van der Waals surface area contributed by atoms with Crippen molar-refractivity contribution in [3.63, 3.8) is 0 Å². The SMILES string of the molecule is COc1ccc(C2CC(=O)Nc3onc(C)c32)cc1. The number of nitrogens with zero attached hydrogens (tertiary/aromatic N) is 1. The summed E-state index contributed by atoms with van der Waals surface area (Å²) < 4.78 is 10.3. The van der Waals surface area contributed by atoms with Crippen molar-refractivity contribution in [1.29, 1.82) is 0 Å². The van der Waals surface area contributed by atoms with Crippen molar-refractivity contribution in [1.82, 2.24) is 5.16 Å². The van der Waals surface area contributed by atoms with E-state index in [1.807, 2.05) is 31.2 Å². The van der Waals surface area contributed by atoms with Gasteiger partial charge in [-0.25, -0.2) is 0 Å². The van der Waals surface area contributed by atoms with Gasteiger partial charge in [-0.3, -0.25) is 10.1 Å². The molecule has 1 amide bonds. The highest BCUT2D eigenvalue weighted by Crippen LogP contribution is 2.39. The van der Waals surface area contributed by atoms with Crippen LogP contribution in [0.15, 0.2) is 28.8 Å². The molecular formula is C14H14N2O3. The molecule has 1 aromatic heterocycles. The molecule has 1 N–H and O–H groups in total. The topological polar surface area (TPSA) is 64.4 Å². The molecule has 5 nitrogen and oxygen atoms in total. The highest BCUT2D eigenvalue weighted by Gasteiger charge is 2.31. The number of ether oxygens (including phenoxy) is 1. The number of fused-ring (bicyclic) bond motifs is 1. The minimum Gasteiger partial charge on any atom is -0.497 e. The smallest absolute Gasteiger partial charge is 0.235 e. The number of carbonyl (C=O) groups is 1. The first-order chi connectivity index (χ1) is 9.19. The fraction of sp³-hybridized carbons (Fsp3) is 0.286. The quantitative estimate of drug-likeness (QED) is 0.898. The summed E-state index contributed by atoms with van der Waals surface area (Å²) in [5.74, 6) is 1.20. The predicted molar refractivity (Wildman–Crippen MR) is 69.3 cm³/mol. The molecule has 98 valence electrons. The van der Waals surface area contributed by atoms with Crippen molar-refractivity contribution in [3.05, 3.63) is 41.1 Å². The lowest BCUT2D eigenvalue weighted by molar-refractivity contribution is -0.116. The van der Waals surface area contributed by atoms with Gasteiger partial charge in [-0.1, -0.05) is 17.3 Å². The zero-order valence-electron chi connectivity index (χ0n) is 10.8. The number of aryl methyl sites for hydroxylation is 1. The second-order valence-corrected chi connectivity index (χ2v) is 4.59. The van der Waals surface area contributed by atoms with Crippen LogP contribution in [0.4, 0.5) is 5.88 Å². The zero-order chi connectivity index (χ0) is 13.4. The monoisotopic (exact) mass is 258 g/mol. The molecule has 0 saturated carbocycles. The van der Waals surface area contributed by atoms with E-state index in [9.17, 15) is 4.79 Å². The zero-order valence-corrected chi connectivity index (χ0v) is 10.8. The molecule has 1 aromatic carbocycles. The van der Waals surface area contributed by atoms with Gasteiger partial charge in [0.15, 0.2) is 0 Å². The van der Waals surface area contributed by atoms with E-state index >= 15 is 0 Å². The van der Waals surface area contributed by atoms with Crippen molar-refractivity contribution in [2.24, 2.45) is 0 Å². The summed E-state index contributed by atoms with van der Waals surface area (Å²) in [4.78, 5) is 11.7. The van der Waals surface area contributed by atoms with Crippen LogP contribution < -0.4 is 10.1 Å². The van der Waals surface area contributed by atoms with Gasteiger partial charge >= 0.3 is 0 Å². The number of hydrogen-bond acceptors (Lipinski definition) is 4. The molecule has 0 fully saturated rings. The number of aromatic nitrogens is 1. The summed E-state index contributed by atoms with van der Waals surface area (Å²) in [7, 11) is 1.63. The average molecular weight is 258 g/mol. The second-order valence-electron chi connectivity index (χ2n) is 4.59. The number of rotatable bonds is 2.